The molecule has 1 fully saturated rings. The summed E-state index contributed by atoms with van der Waals surface area (Å²) >= 11 is 0. The van der Waals surface area contributed by atoms with Gasteiger partial charge in [0, 0.05) is 48.8 Å². The van der Waals surface area contributed by atoms with E-state index in [0.29, 0.717) is 32.6 Å². The molecule has 4 aromatic rings. The second-order valence-corrected chi connectivity index (χ2v) is 8.43. The molecule has 0 bridgehead atoms. The first-order chi connectivity index (χ1) is 16.7. The third kappa shape index (κ3) is 4.94. The molecule has 1 aliphatic rings. The molecule has 0 aliphatic carbocycles. The van der Waals surface area contributed by atoms with Crippen molar-refractivity contribution in [1.82, 2.24) is 15.3 Å². The van der Waals surface area contributed by atoms with Crippen LogP contribution in [0.15, 0.2) is 66.9 Å². The molecular formula is C27H27FN4O2. The number of hydrogen-bond donors (Lipinski definition) is 2. The Kier molecular flexibility index (Phi) is 6.53. The number of rotatable bonds is 7. The number of aromatic nitrogens is 2. The summed E-state index contributed by atoms with van der Waals surface area (Å²) in [5.74, 6) is 0.631. The van der Waals surface area contributed by atoms with Crippen molar-refractivity contribution in [2.75, 3.05) is 31.2 Å². The molecule has 1 aliphatic heterocycles. The molecule has 2 aromatic carbocycles. The molecule has 0 unspecified atom stereocenters. The van der Waals surface area contributed by atoms with Crippen LogP contribution in [0.2, 0.25) is 0 Å². The van der Waals surface area contributed by atoms with Crippen LogP contribution in [0.1, 0.15) is 17.5 Å². The zero-order valence-corrected chi connectivity index (χ0v) is 18.9. The van der Waals surface area contributed by atoms with Crippen molar-refractivity contribution in [3.8, 4) is 11.3 Å². The van der Waals surface area contributed by atoms with Gasteiger partial charge in [-0.3, -0.25) is 4.79 Å². The lowest BCUT2D eigenvalue weighted by Crippen LogP contribution is -2.36. The maximum Gasteiger partial charge on any atom is 0.220 e. The monoisotopic (exact) mass is 458 g/mol. The van der Waals surface area contributed by atoms with Gasteiger partial charge in [0.2, 0.25) is 5.91 Å². The number of fused-ring (bicyclic) bond motifs is 1. The number of aromatic amines is 1. The molecule has 7 heteroatoms. The number of carbonyl (C=O) groups excluding carboxylic acids is 1. The van der Waals surface area contributed by atoms with Crippen LogP contribution in [0.25, 0.3) is 22.2 Å². The lowest BCUT2D eigenvalue weighted by Gasteiger charge is -2.28. The average molecular weight is 459 g/mol. The quantitative estimate of drug-likeness (QED) is 0.429. The van der Waals surface area contributed by atoms with Crippen LogP contribution in [0.3, 0.4) is 0 Å². The molecule has 0 radical (unpaired) electrons. The van der Waals surface area contributed by atoms with E-state index in [1.807, 2.05) is 30.3 Å². The summed E-state index contributed by atoms with van der Waals surface area (Å²) in [6, 6.07) is 18.4. The first-order valence-electron chi connectivity index (χ1n) is 11.6. The van der Waals surface area contributed by atoms with Crippen LogP contribution in [-0.2, 0) is 22.5 Å². The van der Waals surface area contributed by atoms with E-state index in [4.69, 9.17) is 4.74 Å². The molecule has 3 heterocycles. The number of nitrogens with one attached hydrogen (secondary N) is 2. The number of nitrogens with zero attached hydrogens (tertiary/aromatic N) is 2. The van der Waals surface area contributed by atoms with Crippen LogP contribution >= 0.6 is 0 Å². The van der Waals surface area contributed by atoms with Crippen molar-refractivity contribution in [2.45, 2.75) is 19.4 Å². The summed E-state index contributed by atoms with van der Waals surface area (Å²) < 4.78 is 18.9. The van der Waals surface area contributed by atoms with E-state index in [1.54, 1.807) is 18.3 Å². The highest BCUT2D eigenvalue weighted by atomic mass is 19.1. The average Bonchev–Trinajstić information content (AvgIpc) is 3.26. The van der Waals surface area contributed by atoms with Crippen molar-refractivity contribution in [3.05, 3.63) is 83.8 Å². The number of amides is 1. The zero-order chi connectivity index (χ0) is 23.3. The number of anilines is 1. The van der Waals surface area contributed by atoms with E-state index in [-0.39, 0.29) is 11.7 Å². The molecular weight excluding hydrogens is 431 g/mol. The molecule has 0 spiro atoms. The molecule has 1 saturated heterocycles. The molecule has 1 amide bonds. The summed E-state index contributed by atoms with van der Waals surface area (Å²) in [6.07, 6.45) is 2.72. The van der Waals surface area contributed by atoms with E-state index in [2.05, 4.69) is 26.3 Å². The molecule has 0 atom stereocenters. The Balaban J connectivity index is 1.26. The van der Waals surface area contributed by atoms with Crippen LogP contribution in [0.5, 0.6) is 0 Å². The third-order valence-electron chi connectivity index (χ3n) is 6.18. The number of benzene rings is 2. The number of H-pyrrole nitrogens is 1. The van der Waals surface area contributed by atoms with Crippen LogP contribution in [0, 0.1) is 5.82 Å². The normalized spacial score (nSPS) is 13.9. The summed E-state index contributed by atoms with van der Waals surface area (Å²) in [6.45, 7) is 3.51. The van der Waals surface area contributed by atoms with Gasteiger partial charge in [-0.2, -0.15) is 0 Å². The van der Waals surface area contributed by atoms with Gasteiger partial charge in [0.1, 0.15) is 11.6 Å². The Morgan fingerprint density at radius 3 is 2.71 bits per heavy atom. The highest BCUT2D eigenvalue weighted by Gasteiger charge is 2.15. The Bertz CT molecular complexity index is 1280. The predicted molar refractivity (Wildman–Crippen MR) is 131 cm³/mol. The molecule has 6 nitrogen and oxygen atoms in total. The van der Waals surface area contributed by atoms with Gasteiger partial charge < -0.3 is 19.9 Å². The minimum atomic E-state index is -0.270. The Labute approximate surface area is 197 Å². The molecule has 2 aromatic heterocycles. The number of hydrogen-bond acceptors (Lipinski definition) is 4. The van der Waals surface area contributed by atoms with Crippen LogP contribution < -0.4 is 10.2 Å². The molecule has 174 valence electrons. The third-order valence-corrected chi connectivity index (χ3v) is 6.18. The summed E-state index contributed by atoms with van der Waals surface area (Å²) in [7, 11) is 0. The minimum Gasteiger partial charge on any atom is -0.378 e. The Morgan fingerprint density at radius 2 is 1.88 bits per heavy atom. The Morgan fingerprint density at radius 1 is 1.09 bits per heavy atom. The lowest BCUT2D eigenvalue weighted by molar-refractivity contribution is -0.121. The summed E-state index contributed by atoms with van der Waals surface area (Å²) in [4.78, 5) is 22.8. The highest BCUT2D eigenvalue weighted by molar-refractivity contribution is 5.91. The maximum absolute atomic E-state index is 13.4. The van der Waals surface area contributed by atoms with Crippen LogP contribution in [0.4, 0.5) is 10.2 Å². The zero-order valence-electron chi connectivity index (χ0n) is 18.9. The number of aryl methyl sites for hydroxylation is 1. The fourth-order valence-corrected chi connectivity index (χ4v) is 4.39. The van der Waals surface area contributed by atoms with E-state index in [1.165, 1.54) is 12.1 Å². The number of halogens is 1. The fraction of sp³-hybridized carbons (Fsp3) is 0.259. The standard InChI is InChI=1S/C27H27FN4O2/c28-21-7-5-20(6-8-21)27-23(22-3-1-2-4-24(22)31-27)9-10-26(33)30-18-19-11-12-29-25(17-19)32-13-15-34-16-14-32/h1-8,11-12,17,31H,9-10,13-16,18H2,(H,30,33). The Hall–Kier alpha value is -3.71. The SMILES string of the molecule is O=C(CCc1c(-c2ccc(F)cc2)[nH]c2ccccc12)NCc1ccnc(N2CCOCC2)c1. The van der Waals surface area contributed by atoms with Crippen LogP contribution in [-0.4, -0.2) is 42.2 Å². The van der Waals surface area contributed by atoms with E-state index < -0.39 is 0 Å². The van der Waals surface area contributed by atoms with Gasteiger partial charge in [-0.25, -0.2) is 9.37 Å². The van der Waals surface area contributed by atoms with Gasteiger partial charge in [0.15, 0.2) is 0 Å². The van der Waals surface area contributed by atoms with Crippen molar-refractivity contribution in [1.29, 1.82) is 0 Å². The molecule has 2 N–H and O–H groups in total. The van der Waals surface area contributed by atoms with Gasteiger partial charge >= 0.3 is 0 Å². The van der Waals surface area contributed by atoms with Crippen molar-refractivity contribution >= 4 is 22.6 Å². The highest BCUT2D eigenvalue weighted by Crippen LogP contribution is 2.31. The molecule has 0 saturated carbocycles. The van der Waals surface area contributed by atoms with Crippen molar-refractivity contribution < 1.29 is 13.9 Å². The van der Waals surface area contributed by atoms with Crippen molar-refractivity contribution in [3.63, 3.8) is 0 Å². The number of para-hydroxylation sites is 1. The summed E-state index contributed by atoms with van der Waals surface area (Å²) in [5, 5.41) is 4.12. The predicted octanol–water partition coefficient (Wildman–Crippen LogP) is 4.45. The van der Waals surface area contributed by atoms with Gasteiger partial charge in [0.25, 0.3) is 0 Å². The van der Waals surface area contributed by atoms with Gasteiger partial charge in [-0.1, -0.05) is 18.2 Å². The van der Waals surface area contributed by atoms with Gasteiger partial charge in [-0.15, -0.1) is 0 Å². The first-order valence-corrected chi connectivity index (χ1v) is 11.6. The molecule has 5 rings (SSSR count). The van der Waals surface area contributed by atoms with E-state index in [9.17, 15) is 9.18 Å². The second-order valence-electron chi connectivity index (χ2n) is 8.43. The van der Waals surface area contributed by atoms with Gasteiger partial charge in [0.05, 0.1) is 13.2 Å². The lowest BCUT2D eigenvalue weighted by atomic mass is 10.0. The second kappa shape index (κ2) is 10.1. The van der Waals surface area contributed by atoms with E-state index >= 15 is 0 Å². The van der Waals surface area contributed by atoms with Crippen molar-refractivity contribution in [2.24, 2.45) is 0 Å². The topological polar surface area (TPSA) is 70.2 Å². The largest absolute Gasteiger partial charge is 0.378 e. The number of morpholine rings is 1. The maximum atomic E-state index is 13.4. The fourth-order valence-electron chi connectivity index (χ4n) is 4.39. The smallest absolute Gasteiger partial charge is 0.220 e. The van der Waals surface area contributed by atoms with Gasteiger partial charge in [-0.05, 0) is 65.6 Å². The minimum absolute atomic E-state index is 0.0138. The number of pyridine rings is 1. The molecule has 34 heavy (non-hydrogen) atoms. The van der Waals surface area contributed by atoms with E-state index in [0.717, 1.165) is 52.2 Å². The number of carbonyl (C=O) groups is 1. The first kappa shape index (κ1) is 22.1. The summed E-state index contributed by atoms with van der Waals surface area (Å²) in [5.41, 5.74) is 4.92. The number of ether oxygens (including phenoxy) is 1.